The maximum absolute atomic E-state index is 12.7. The highest BCUT2D eigenvalue weighted by atomic mass is 19.4. The molecule has 170 valence electrons. The molecule has 2 fully saturated rings. The maximum atomic E-state index is 12.7. The summed E-state index contributed by atoms with van der Waals surface area (Å²) in [7, 11) is 0. The molecule has 2 atom stereocenters. The fourth-order valence-corrected chi connectivity index (χ4v) is 4.64. The lowest BCUT2D eigenvalue weighted by molar-refractivity contribution is -0.141. The Morgan fingerprint density at radius 2 is 1.81 bits per heavy atom. The molecule has 0 bridgehead atoms. The van der Waals surface area contributed by atoms with Gasteiger partial charge in [-0.25, -0.2) is 23.4 Å². The van der Waals surface area contributed by atoms with Gasteiger partial charge in [0.15, 0.2) is 17.2 Å². The fourth-order valence-electron chi connectivity index (χ4n) is 4.64. The molecule has 0 amide bonds. The first-order valence-corrected chi connectivity index (χ1v) is 10.2. The van der Waals surface area contributed by atoms with Gasteiger partial charge in [0.1, 0.15) is 17.9 Å². The zero-order valence-electron chi connectivity index (χ0n) is 16.7. The van der Waals surface area contributed by atoms with E-state index in [4.69, 9.17) is 0 Å². The second-order valence-electron chi connectivity index (χ2n) is 8.19. The van der Waals surface area contributed by atoms with Crippen molar-refractivity contribution in [2.45, 2.75) is 38.0 Å². The number of nitrogens with zero attached hydrogens (tertiary/aromatic N) is 7. The molecule has 1 saturated carbocycles. The van der Waals surface area contributed by atoms with Crippen molar-refractivity contribution in [3.8, 4) is 0 Å². The van der Waals surface area contributed by atoms with E-state index in [-0.39, 0.29) is 6.04 Å². The van der Waals surface area contributed by atoms with Gasteiger partial charge in [-0.3, -0.25) is 0 Å². The Morgan fingerprint density at radius 1 is 1.06 bits per heavy atom. The van der Waals surface area contributed by atoms with E-state index in [1.165, 1.54) is 12.3 Å². The number of anilines is 2. The van der Waals surface area contributed by atoms with Crippen molar-refractivity contribution in [1.82, 2.24) is 29.9 Å². The molecule has 0 radical (unpaired) electrons. The highest BCUT2D eigenvalue weighted by molar-refractivity contribution is 5.71. The average molecular weight is 454 g/mol. The van der Waals surface area contributed by atoms with E-state index >= 15 is 0 Å². The molecule has 2 unspecified atom stereocenters. The van der Waals surface area contributed by atoms with Gasteiger partial charge < -0.3 is 10.2 Å². The van der Waals surface area contributed by atoms with Crippen molar-refractivity contribution in [3.63, 3.8) is 0 Å². The highest BCUT2D eigenvalue weighted by Gasteiger charge is 2.42. The third-order valence-electron chi connectivity index (χ3n) is 6.02. The Hall–Kier alpha value is -3.12. The molecule has 0 spiro atoms. The van der Waals surface area contributed by atoms with E-state index in [1.54, 1.807) is 6.20 Å². The van der Waals surface area contributed by atoms with Crippen LogP contribution < -0.4 is 10.2 Å². The summed E-state index contributed by atoms with van der Waals surface area (Å²) in [6.07, 6.45) is -2.36. The Labute approximate surface area is 178 Å². The zero-order chi connectivity index (χ0) is 22.5. The molecule has 1 N–H and O–H groups in total. The van der Waals surface area contributed by atoms with Crippen molar-refractivity contribution in [3.05, 3.63) is 30.2 Å². The summed E-state index contributed by atoms with van der Waals surface area (Å²) in [4.78, 5) is 10.6. The van der Waals surface area contributed by atoms with Crippen LogP contribution in [0.15, 0.2) is 24.5 Å². The molecule has 0 aromatic carbocycles. The van der Waals surface area contributed by atoms with Crippen LogP contribution in [0.25, 0.3) is 11.2 Å². The normalized spacial score (nSPS) is 23.3. The van der Waals surface area contributed by atoms with Crippen LogP contribution in [-0.2, 0) is 12.7 Å². The second kappa shape index (κ2) is 7.78. The van der Waals surface area contributed by atoms with Crippen molar-refractivity contribution in [2.75, 3.05) is 23.3 Å². The minimum absolute atomic E-state index is 0.143. The number of fused-ring (bicyclic) bond motifs is 2. The SMILES string of the molecule is FC(F)Cn1ncc2ncc(NC3CC4CN(c5ccc(C(F)(F)F)nn5)CC4C3)nc21. The molecule has 5 rings (SSSR count). The van der Waals surface area contributed by atoms with Crippen LogP contribution >= 0.6 is 0 Å². The van der Waals surface area contributed by atoms with E-state index in [0.29, 0.717) is 47.7 Å². The first-order chi connectivity index (χ1) is 15.3. The number of hydrogen-bond donors (Lipinski definition) is 1. The second-order valence-corrected chi connectivity index (χ2v) is 8.19. The number of halogens is 5. The lowest BCUT2D eigenvalue weighted by atomic mass is 10.0. The number of alkyl halides is 5. The van der Waals surface area contributed by atoms with Crippen molar-refractivity contribution >= 4 is 22.8 Å². The van der Waals surface area contributed by atoms with Gasteiger partial charge in [-0.1, -0.05) is 0 Å². The lowest BCUT2D eigenvalue weighted by Gasteiger charge is -2.20. The van der Waals surface area contributed by atoms with Gasteiger partial charge in [0.2, 0.25) is 0 Å². The molecule has 1 aliphatic carbocycles. The molecule has 8 nitrogen and oxygen atoms in total. The van der Waals surface area contributed by atoms with Gasteiger partial charge in [-0.15, -0.1) is 10.2 Å². The van der Waals surface area contributed by atoms with E-state index in [1.807, 2.05) is 4.90 Å². The quantitative estimate of drug-likeness (QED) is 0.593. The molecule has 3 aromatic heterocycles. The summed E-state index contributed by atoms with van der Waals surface area (Å²) in [5.41, 5.74) is -0.244. The van der Waals surface area contributed by atoms with Crippen LogP contribution in [0.5, 0.6) is 0 Å². The molecule has 13 heteroatoms. The Morgan fingerprint density at radius 3 is 2.44 bits per heavy atom. The average Bonchev–Trinajstić information content (AvgIpc) is 3.41. The maximum Gasteiger partial charge on any atom is 0.435 e. The van der Waals surface area contributed by atoms with Gasteiger partial charge in [0.05, 0.1) is 12.4 Å². The Bertz CT molecular complexity index is 1090. The zero-order valence-corrected chi connectivity index (χ0v) is 16.7. The third-order valence-corrected chi connectivity index (χ3v) is 6.02. The molecule has 1 aliphatic heterocycles. The predicted octanol–water partition coefficient (Wildman–Crippen LogP) is 3.23. The van der Waals surface area contributed by atoms with Crippen LogP contribution in [0.2, 0.25) is 0 Å². The van der Waals surface area contributed by atoms with Crippen molar-refractivity contribution in [1.29, 1.82) is 0 Å². The monoisotopic (exact) mass is 454 g/mol. The van der Waals surface area contributed by atoms with E-state index in [9.17, 15) is 22.0 Å². The van der Waals surface area contributed by atoms with E-state index in [2.05, 4.69) is 30.6 Å². The number of rotatable bonds is 5. The minimum Gasteiger partial charge on any atom is -0.366 e. The topological polar surface area (TPSA) is 84.7 Å². The van der Waals surface area contributed by atoms with E-state index in [0.717, 1.165) is 23.6 Å². The lowest BCUT2D eigenvalue weighted by Crippen LogP contribution is -2.26. The fraction of sp³-hybridized carbons (Fsp3) is 0.526. The third kappa shape index (κ3) is 4.02. The molecule has 32 heavy (non-hydrogen) atoms. The molecule has 3 aromatic rings. The molecule has 2 aliphatic rings. The first kappa shape index (κ1) is 20.8. The number of aromatic nitrogens is 6. The van der Waals surface area contributed by atoms with Crippen LogP contribution in [0.4, 0.5) is 33.6 Å². The smallest absolute Gasteiger partial charge is 0.366 e. The van der Waals surface area contributed by atoms with Crippen LogP contribution in [0, 0.1) is 11.8 Å². The highest BCUT2D eigenvalue weighted by Crippen LogP contribution is 2.40. The van der Waals surface area contributed by atoms with Gasteiger partial charge in [0.25, 0.3) is 6.43 Å². The Kier molecular flexibility index (Phi) is 5.05. The van der Waals surface area contributed by atoms with Gasteiger partial charge in [-0.2, -0.15) is 18.3 Å². The summed E-state index contributed by atoms with van der Waals surface area (Å²) in [6, 6.07) is 2.46. The van der Waals surface area contributed by atoms with Crippen LogP contribution in [0.3, 0.4) is 0 Å². The standard InChI is InChI=1S/C19H19F5N8/c20-15(21)9-32-18-13(5-26-32)25-6-16(28-18)27-12-3-10-7-31(8-11(10)4-12)17-2-1-14(29-30-17)19(22,23)24/h1-2,5-6,10-12,15H,3-4,7-9H2,(H,27,28). The minimum atomic E-state index is -4.50. The summed E-state index contributed by atoms with van der Waals surface area (Å²) in [5.74, 6) is 1.67. The van der Waals surface area contributed by atoms with Crippen molar-refractivity contribution < 1.29 is 22.0 Å². The molecular weight excluding hydrogens is 435 g/mol. The summed E-state index contributed by atoms with van der Waals surface area (Å²) in [6.45, 7) is 0.835. The van der Waals surface area contributed by atoms with E-state index < -0.39 is 24.8 Å². The first-order valence-electron chi connectivity index (χ1n) is 10.2. The summed E-state index contributed by atoms with van der Waals surface area (Å²) in [5, 5.41) is 14.3. The summed E-state index contributed by atoms with van der Waals surface area (Å²) < 4.78 is 64.6. The van der Waals surface area contributed by atoms with Crippen LogP contribution in [-0.4, -0.2) is 55.5 Å². The number of nitrogens with one attached hydrogen (secondary N) is 1. The molecule has 4 heterocycles. The van der Waals surface area contributed by atoms with Gasteiger partial charge >= 0.3 is 6.18 Å². The predicted molar refractivity (Wildman–Crippen MR) is 104 cm³/mol. The number of hydrogen-bond acceptors (Lipinski definition) is 7. The van der Waals surface area contributed by atoms with Gasteiger partial charge in [-0.05, 0) is 36.8 Å². The molecule has 1 saturated heterocycles. The molecular formula is C19H19F5N8. The summed E-state index contributed by atoms with van der Waals surface area (Å²) >= 11 is 0. The van der Waals surface area contributed by atoms with Crippen LogP contribution in [0.1, 0.15) is 18.5 Å². The Balaban J connectivity index is 1.21. The van der Waals surface area contributed by atoms with Crippen molar-refractivity contribution in [2.24, 2.45) is 11.8 Å². The largest absolute Gasteiger partial charge is 0.435 e. The van der Waals surface area contributed by atoms with Gasteiger partial charge in [0, 0.05) is 19.1 Å².